The molecule has 0 fully saturated rings. The van der Waals surface area contributed by atoms with Crippen LogP contribution in [0.25, 0.3) is 0 Å². The molecule has 0 aromatic rings. The van der Waals surface area contributed by atoms with Gasteiger partial charge in [-0.15, -0.1) is 0 Å². The highest BCUT2D eigenvalue weighted by atomic mass is 28.4. The van der Waals surface area contributed by atoms with Crippen LogP contribution in [-0.4, -0.2) is 40.7 Å². The standard InChI is InChI=1S/C15H28O4Si/c1-12(2)14(3,4)20(6,7)19-11-15(17-5)8-13(9-16)10-18-15/h8-9,12H,10-11H2,1-7H3. The Labute approximate surface area is 123 Å². The molecule has 0 amide bonds. The highest BCUT2D eigenvalue weighted by molar-refractivity contribution is 6.74. The van der Waals surface area contributed by atoms with Crippen LogP contribution >= 0.6 is 0 Å². The molecular formula is C15H28O4Si. The van der Waals surface area contributed by atoms with E-state index in [-0.39, 0.29) is 11.6 Å². The molecule has 1 rings (SSSR count). The van der Waals surface area contributed by atoms with Gasteiger partial charge in [0.05, 0.1) is 13.2 Å². The van der Waals surface area contributed by atoms with Crippen LogP contribution in [0, 0.1) is 5.92 Å². The summed E-state index contributed by atoms with van der Waals surface area (Å²) in [6, 6.07) is 0. The molecule has 1 heterocycles. The fourth-order valence-electron chi connectivity index (χ4n) is 2.06. The summed E-state index contributed by atoms with van der Waals surface area (Å²) in [5.74, 6) is -0.374. The first-order chi connectivity index (χ1) is 9.10. The average Bonchev–Trinajstić information content (AvgIpc) is 2.80. The van der Waals surface area contributed by atoms with Crippen LogP contribution in [0.5, 0.6) is 0 Å². The predicted molar refractivity (Wildman–Crippen MR) is 82.2 cm³/mol. The molecule has 1 aliphatic heterocycles. The van der Waals surface area contributed by atoms with Crippen LogP contribution in [0.3, 0.4) is 0 Å². The van der Waals surface area contributed by atoms with Gasteiger partial charge in [0.15, 0.2) is 8.32 Å². The molecule has 0 radical (unpaired) electrons. The zero-order valence-electron chi connectivity index (χ0n) is 13.8. The largest absolute Gasteiger partial charge is 0.411 e. The lowest BCUT2D eigenvalue weighted by molar-refractivity contribution is -0.189. The van der Waals surface area contributed by atoms with Crippen LogP contribution in [0.15, 0.2) is 11.6 Å². The molecule has 0 N–H and O–H groups in total. The van der Waals surface area contributed by atoms with Crippen LogP contribution in [0.4, 0.5) is 0 Å². The van der Waals surface area contributed by atoms with Crippen molar-refractivity contribution >= 4 is 14.6 Å². The summed E-state index contributed by atoms with van der Waals surface area (Å²) in [5, 5.41) is 0.137. The van der Waals surface area contributed by atoms with Crippen LogP contribution in [-0.2, 0) is 18.7 Å². The Bertz CT molecular complexity index is 387. The number of ether oxygens (including phenoxy) is 2. The summed E-state index contributed by atoms with van der Waals surface area (Å²) in [7, 11) is -0.356. The Morgan fingerprint density at radius 1 is 1.50 bits per heavy atom. The lowest BCUT2D eigenvalue weighted by Crippen LogP contribution is -2.49. The van der Waals surface area contributed by atoms with Gasteiger partial charge in [0.25, 0.3) is 0 Å². The van der Waals surface area contributed by atoms with E-state index in [0.717, 1.165) is 6.29 Å². The van der Waals surface area contributed by atoms with E-state index in [0.29, 0.717) is 18.1 Å². The minimum Gasteiger partial charge on any atom is -0.411 e. The van der Waals surface area contributed by atoms with Crippen LogP contribution < -0.4 is 0 Å². The first-order valence-corrected chi connectivity index (χ1v) is 10.0. The van der Waals surface area contributed by atoms with Crippen molar-refractivity contribution in [3.8, 4) is 0 Å². The number of methoxy groups -OCH3 is 1. The Kier molecular flexibility index (Phi) is 5.35. The summed E-state index contributed by atoms with van der Waals surface area (Å²) in [5.41, 5.74) is 0.609. The maximum Gasteiger partial charge on any atom is 0.211 e. The molecule has 5 heteroatoms. The SMILES string of the molecule is COC1(CO[Si](C)(C)C(C)(C)C(C)C)C=C(C=O)CO1. The topological polar surface area (TPSA) is 44.8 Å². The zero-order valence-corrected chi connectivity index (χ0v) is 14.8. The molecule has 1 unspecified atom stereocenters. The van der Waals surface area contributed by atoms with E-state index >= 15 is 0 Å². The lowest BCUT2D eigenvalue weighted by atomic mass is 9.99. The molecule has 20 heavy (non-hydrogen) atoms. The summed E-state index contributed by atoms with van der Waals surface area (Å²) in [6.07, 6.45) is 2.54. The van der Waals surface area contributed by atoms with Gasteiger partial charge in [0, 0.05) is 12.7 Å². The molecule has 0 aromatic heterocycles. The molecule has 0 spiro atoms. The number of hydrogen-bond donors (Lipinski definition) is 0. The fraction of sp³-hybridized carbons (Fsp3) is 0.800. The van der Waals surface area contributed by atoms with Crippen molar-refractivity contribution in [1.82, 2.24) is 0 Å². The maximum absolute atomic E-state index is 10.8. The second-order valence-corrected chi connectivity index (χ2v) is 11.4. The number of hydrogen-bond acceptors (Lipinski definition) is 4. The second kappa shape index (κ2) is 6.09. The second-order valence-electron chi connectivity index (χ2n) is 6.82. The first-order valence-electron chi connectivity index (χ1n) is 7.10. The minimum atomic E-state index is -1.93. The van der Waals surface area contributed by atoms with E-state index in [4.69, 9.17) is 13.9 Å². The van der Waals surface area contributed by atoms with Crippen molar-refractivity contribution in [2.24, 2.45) is 5.92 Å². The minimum absolute atomic E-state index is 0.137. The monoisotopic (exact) mass is 300 g/mol. The van der Waals surface area contributed by atoms with Crippen molar-refractivity contribution in [1.29, 1.82) is 0 Å². The molecule has 0 bridgehead atoms. The van der Waals surface area contributed by atoms with Crippen molar-refractivity contribution in [2.45, 2.75) is 51.6 Å². The fourth-order valence-corrected chi connectivity index (χ4v) is 4.39. The molecule has 4 nitrogen and oxygen atoms in total. The molecule has 116 valence electrons. The van der Waals surface area contributed by atoms with Gasteiger partial charge in [0.1, 0.15) is 6.29 Å². The normalized spacial score (nSPS) is 24.1. The summed E-state index contributed by atoms with van der Waals surface area (Å²) < 4.78 is 17.3. The first kappa shape index (κ1) is 17.6. The molecular weight excluding hydrogens is 272 g/mol. The number of aldehydes is 1. The maximum atomic E-state index is 10.8. The quantitative estimate of drug-likeness (QED) is 0.535. The van der Waals surface area contributed by atoms with E-state index in [1.54, 1.807) is 13.2 Å². The highest BCUT2D eigenvalue weighted by Crippen LogP contribution is 2.45. The Hall–Kier alpha value is -0.493. The summed E-state index contributed by atoms with van der Waals surface area (Å²) >= 11 is 0. The average molecular weight is 300 g/mol. The van der Waals surface area contributed by atoms with Gasteiger partial charge in [-0.25, -0.2) is 0 Å². The Morgan fingerprint density at radius 3 is 2.50 bits per heavy atom. The third kappa shape index (κ3) is 3.39. The van der Waals surface area contributed by atoms with Gasteiger partial charge in [-0.2, -0.15) is 0 Å². The van der Waals surface area contributed by atoms with Gasteiger partial charge < -0.3 is 13.9 Å². The van der Waals surface area contributed by atoms with Crippen molar-refractivity contribution in [2.75, 3.05) is 20.3 Å². The molecule has 1 atom stereocenters. The van der Waals surface area contributed by atoms with Gasteiger partial charge in [-0.3, -0.25) is 4.79 Å². The van der Waals surface area contributed by atoms with E-state index in [1.807, 2.05) is 0 Å². The molecule has 0 aliphatic carbocycles. The number of rotatable bonds is 7. The van der Waals surface area contributed by atoms with E-state index in [2.05, 4.69) is 40.8 Å². The number of carbonyl (C=O) groups is 1. The van der Waals surface area contributed by atoms with Gasteiger partial charge in [0.2, 0.25) is 5.79 Å². The molecule has 1 aliphatic rings. The molecule has 0 saturated carbocycles. The predicted octanol–water partition coefficient (Wildman–Crippen LogP) is 3.14. The van der Waals surface area contributed by atoms with Crippen molar-refractivity contribution < 1.29 is 18.7 Å². The van der Waals surface area contributed by atoms with E-state index in [1.165, 1.54) is 0 Å². The lowest BCUT2D eigenvalue weighted by Gasteiger charge is -2.43. The molecule has 0 saturated heterocycles. The Balaban J connectivity index is 2.80. The zero-order chi connectivity index (χ0) is 15.6. The van der Waals surface area contributed by atoms with Gasteiger partial charge in [-0.05, 0) is 30.1 Å². The van der Waals surface area contributed by atoms with E-state index in [9.17, 15) is 4.79 Å². The highest BCUT2D eigenvalue weighted by Gasteiger charge is 2.45. The van der Waals surface area contributed by atoms with Crippen LogP contribution in [0.1, 0.15) is 27.7 Å². The Morgan fingerprint density at radius 2 is 2.10 bits per heavy atom. The molecule has 0 aromatic carbocycles. The van der Waals surface area contributed by atoms with E-state index < -0.39 is 14.1 Å². The van der Waals surface area contributed by atoms with Crippen LogP contribution in [0.2, 0.25) is 18.1 Å². The number of carbonyl (C=O) groups excluding carboxylic acids is 1. The van der Waals surface area contributed by atoms with Gasteiger partial charge in [-0.1, -0.05) is 27.7 Å². The third-order valence-corrected chi connectivity index (χ3v) is 9.56. The summed E-state index contributed by atoms with van der Waals surface area (Å²) in [4.78, 5) is 10.8. The third-order valence-electron chi connectivity index (χ3n) is 5.01. The van der Waals surface area contributed by atoms with Gasteiger partial charge >= 0.3 is 0 Å². The van der Waals surface area contributed by atoms with Crippen molar-refractivity contribution in [3.05, 3.63) is 11.6 Å². The smallest absolute Gasteiger partial charge is 0.211 e. The van der Waals surface area contributed by atoms with Crippen molar-refractivity contribution in [3.63, 3.8) is 0 Å². The summed E-state index contributed by atoms with van der Waals surface area (Å²) in [6.45, 7) is 14.0.